The Labute approximate surface area is 256 Å². The Balaban J connectivity index is 1.40. The highest BCUT2D eigenvalue weighted by molar-refractivity contribution is 5.98. The molecule has 5 rings (SSSR count). The number of para-hydroxylation sites is 1. The zero-order valence-electron chi connectivity index (χ0n) is 25.8. The van der Waals surface area contributed by atoms with Crippen molar-refractivity contribution in [3.05, 3.63) is 90.3 Å². The van der Waals surface area contributed by atoms with Crippen LogP contribution in [0.5, 0.6) is 5.75 Å². The predicted octanol–water partition coefficient (Wildman–Crippen LogP) is 6.49. The lowest BCUT2D eigenvalue weighted by atomic mass is 9.87. The van der Waals surface area contributed by atoms with Gasteiger partial charge in [-0.25, -0.2) is 0 Å². The number of pyridine rings is 1. The highest BCUT2D eigenvalue weighted by Crippen LogP contribution is 2.34. The smallest absolute Gasteiger partial charge is 0.244 e. The number of hydrogen-bond acceptors (Lipinski definition) is 5. The number of nitrogens with one attached hydrogen (secondary N) is 2. The fourth-order valence-corrected chi connectivity index (χ4v) is 6.26. The Morgan fingerprint density at radius 1 is 1.00 bits per heavy atom. The topological polar surface area (TPSA) is 83.6 Å². The molecule has 228 valence electrons. The largest absolute Gasteiger partial charge is 0.489 e. The van der Waals surface area contributed by atoms with Crippen molar-refractivity contribution in [2.75, 3.05) is 11.4 Å². The van der Waals surface area contributed by atoms with E-state index in [1.807, 2.05) is 65.7 Å². The van der Waals surface area contributed by atoms with Crippen LogP contribution in [0.1, 0.15) is 89.3 Å². The molecule has 0 spiro atoms. The van der Waals surface area contributed by atoms with Crippen LogP contribution in [0.25, 0.3) is 0 Å². The molecule has 2 heterocycles. The van der Waals surface area contributed by atoms with Gasteiger partial charge >= 0.3 is 0 Å². The first kappa shape index (κ1) is 30.7. The molecule has 1 aliphatic heterocycles. The minimum absolute atomic E-state index is 0.0116. The maximum absolute atomic E-state index is 14.5. The van der Waals surface area contributed by atoms with Gasteiger partial charge in [-0.2, -0.15) is 0 Å². The van der Waals surface area contributed by atoms with Crippen LogP contribution < -0.4 is 20.3 Å². The molecule has 2 amide bonds. The number of nitrogens with zero attached hydrogens (tertiary/aromatic N) is 2. The molecule has 1 aromatic heterocycles. The van der Waals surface area contributed by atoms with Gasteiger partial charge in [0.15, 0.2) is 0 Å². The van der Waals surface area contributed by atoms with E-state index in [1.165, 1.54) is 24.8 Å². The van der Waals surface area contributed by atoms with Crippen molar-refractivity contribution in [1.82, 2.24) is 15.6 Å². The normalized spacial score (nSPS) is 19.9. The third kappa shape index (κ3) is 8.23. The van der Waals surface area contributed by atoms with Gasteiger partial charge in [-0.05, 0) is 66.1 Å². The highest BCUT2D eigenvalue weighted by Gasteiger charge is 2.37. The summed E-state index contributed by atoms with van der Waals surface area (Å²) in [6.45, 7) is 7.14. The van der Waals surface area contributed by atoms with Gasteiger partial charge in [0, 0.05) is 43.5 Å². The van der Waals surface area contributed by atoms with Crippen molar-refractivity contribution < 1.29 is 14.3 Å². The third-order valence-corrected chi connectivity index (χ3v) is 8.68. The van der Waals surface area contributed by atoms with E-state index >= 15 is 0 Å². The molecule has 1 saturated heterocycles. The maximum Gasteiger partial charge on any atom is 0.244 e. The van der Waals surface area contributed by atoms with Gasteiger partial charge in [0.1, 0.15) is 11.9 Å². The maximum atomic E-state index is 14.5. The first-order valence-corrected chi connectivity index (χ1v) is 15.9. The second-order valence-corrected chi connectivity index (χ2v) is 13.0. The molecule has 2 aromatic carbocycles. The van der Waals surface area contributed by atoms with Gasteiger partial charge in [-0.1, -0.05) is 76.4 Å². The number of amides is 2. The molecular weight excluding hydrogens is 536 g/mol. The zero-order valence-corrected chi connectivity index (χ0v) is 25.8. The zero-order chi connectivity index (χ0) is 30.2. The molecule has 43 heavy (non-hydrogen) atoms. The molecule has 7 heteroatoms. The van der Waals surface area contributed by atoms with Gasteiger partial charge in [-0.3, -0.25) is 14.6 Å². The van der Waals surface area contributed by atoms with Crippen molar-refractivity contribution >= 4 is 17.5 Å². The van der Waals surface area contributed by atoms with E-state index in [2.05, 4.69) is 48.5 Å². The Bertz CT molecular complexity index is 1320. The minimum atomic E-state index is -0.411. The quantitative estimate of drug-likeness (QED) is 0.285. The summed E-state index contributed by atoms with van der Waals surface area (Å²) in [5, 5.41) is 6.68. The van der Waals surface area contributed by atoms with E-state index in [9.17, 15) is 9.59 Å². The molecule has 7 nitrogen and oxygen atoms in total. The fourth-order valence-electron chi connectivity index (χ4n) is 6.26. The second kappa shape index (κ2) is 14.2. The van der Waals surface area contributed by atoms with Crippen LogP contribution in [0, 0.1) is 0 Å². The van der Waals surface area contributed by atoms with Crippen LogP contribution in [0.3, 0.4) is 0 Å². The molecule has 1 saturated carbocycles. The summed E-state index contributed by atoms with van der Waals surface area (Å²) in [5.41, 5.74) is 2.91. The molecule has 0 bridgehead atoms. The lowest BCUT2D eigenvalue weighted by Crippen LogP contribution is -2.46. The van der Waals surface area contributed by atoms with Crippen molar-refractivity contribution in [3.63, 3.8) is 0 Å². The fraction of sp³-hybridized carbons (Fsp3) is 0.472. The Kier molecular flexibility index (Phi) is 10.1. The summed E-state index contributed by atoms with van der Waals surface area (Å²) >= 11 is 0. The highest BCUT2D eigenvalue weighted by atomic mass is 16.5. The molecule has 2 aliphatic rings. The first-order valence-electron chi connectivity index (χ1n) is 15.9. The van der Waals surface area contributed by atoms with Crippen molar-refractivity contribution in [2.45, 2.75) is 102 Å². The van der Waals surface area contributed by atoms with Crippen molar-refractivity contribution in [3.8, 4) is 5.75 Å². The number of hydrogen-bond donors (Lipinski definition) is 2. The molecule has 3 aromatic rings. The average molecular weight is 583 g/mol. The van der Waals surface area contributed by atoms with E-state index < -0.39 is 6.04 Å². The Hall–Kier alpha value is -3.71. The number of carbonyl (C=O) groups excluding carboxylic acids is 2. The number of rotatable bonds is 10. The summed E-state index contributed by atoms with van der Waals surface area (Å²) in [6, 6.07) is 21.4. The van der Waals surface area contributed by atoms with Crippen LogP contribution in [-0.4, -0.2) is 41.5 Å². The lowest BCUT2D eigenvalue weighted by Gasteiger charge is -2.35. The SMILES string of the molecule is CC(C)(C)c1ccc(N(C(=O)[C@H]2C[C@@H](Oc3ccccc3)CN2)C(CCC(=O)NC2CCCCC2)c2cccnc2)cc1. The van der Waals surface area contributed by atoms with E-state index in [4.69, 9.17) is 4.74 Å². The van der Waals surface area contributed by atoms with Gasteiger partial charge in [0.05, 0.1) is 12.1 Å². The summed E-state index contributed by atoms with van der Waals surface area (Å²) in [6.07, 6.45) is 10.5. The summed E-state index contributed by atoms with van der Waals surface area (Å²) < 4.78 is 6.19. The Morgan fingerprint density at radius 3 is 2.42 bits per heavy atom. The predicted molar refractivity (Wildman–Crippen MR) is 171 cm³/mol. The van der Waals surface area contributed by atoms with Gasteiger partial charge in [0.2, 0.25) is 11.8 Å². The molecule has 2 N–H and O–H groups in total. The van der Waals surface area contributed by atoms with E-state index in [1.54, 1.807) is 6.20 Å². The monoisotopic (exact) mass is 582 g/mol. The van der Waals surface area contributed by atoms with Crippen molar-refractivity contribution in [2.24, 2.45) is 0 Å². The number of ether oxygens (including phenoxy) is 1. The second-order valence-electron chi connectivity index (χ2n) is 13.0. The summed E-state index contributed by atoms with van der Waals surface area (Å²) in [5.74, 6) is 0.824. The first-order chi connectivity index (χ1) is 20.8. The van der Waals surface area contributed by atoms with E-state index in [0.29, 0.717) is 25.8 Å². The lowest BCUT2D eigenvalue weighted by molar-refractivity contribution is -0.123. The van der Waals surface area contributed by atoms with E-state index in [0.717, 1.165) is 29.8 Å². The van der Waals surface area contributed by atoms with Crippen LogP contribution in [0.15, 0.2) is 79.1 Å². The summed E-state index contributed by atoms with van der Waals surface area (Å²) in [7, 11) is 0. The molecule has 1 unspecified atom stereocenters. The van der Waals surface area contributed by atoms with E-state index in [-0.39, 0.29) is 35.4 Å². The number of anilines is 1. The Morgan fingerprint density at radius 2 is 1.74 bits per heavy atom. The molecule has 0 radical (unpaired) electrons. The average Bonchev–Trinajstić information content (AvgIpc) is 3.48. The minimum Gasteiger partial charge on any atom is -0.489 e. The van der Waals surface area contributed by atoms with Gasteiger partial charge in [0.25, 0.3) is 0 Å². The number of benzene rings is 2. The van der Waals surface area contributed by atoms with Gasteiger partial charge < -0.3 is 20.3 Å². The van der Waals surface area contributed by atoms with Crippen LogP contribution in [0.2, 0.25) is 0 Å². The summed E-state index contributed by atoms with van der Waals surface area (Å²) in [4.78, 5) is 33.9. The molecule has 1 aliphatic carbocycles. The van der Waals surface area contributed by atoms with Crippen molar-refractivity contribution in [1.29, 1.82) is 0 Å². The van der Waals surface area contributed by atoms with Crippen LogP contribution in [-0.2, 0) is 15.0 Å². The van der Waals surface area contributed by atoms with Crippen LogP contribution >= 0.6 is 0 Å². The standard InChI is InChI=1S/C36H46N4O3/c1-36(2,3)27-16-18-29(19-17-27)40(35(42)32-23-31(25-38-32)43-30-14-8-5-9-15-30)33(26-11-10-22-37-24-26)20-21-34(41)39-28-12-6-4-7-13-28/h5,8-11,14-19,22,24,28,31-33,38H,4,6-7,12-13,20-21,23,25H2,1-3H3,(H,39,41)/t31-,32-,33?/m1/s1. The number of carbonyl (C=O) groups is 2. The number of aromatic nitrogens is 1. The van der Waals surface area contributed by atoms with Crippen LogP contribution in [0.4, 0.5) is 5.69 Å². The molecule has 3 atom stereocenters. The molecule has 2 fully saturated rings. The molecular formula is C36H46N4O3. The third-order valence-electron chi connectivity index (χ3n) is 8.68. The van der Waals surface area contributed by atoms with Gasteiger partial charge in [-0.15, -0.1) is 0 Å².